The Kier molecular flexibility index (Phi) is 16.7. The Labute approximate surface area is 324 Å². The van der Waals surface area contributed by atoms with E-state index >= 15 is 0 Å². The van der Waals surface area contributed by atoms with Crippen LogP contribution in [0, 0.1) is 0 Å². The molecule has 0 saturated carbocycles. The number of halogens is 2. The van der Waals surface area contributed by atoms with Crippen LogP contribution in [0.3, 0.4) is 0 Å². The highest BCUT2D eigenvalue weighted by molar-refractivity contribution is 7.13. The van der Waals surface area contributed by atoms with Gasteiger partial charge < -0.3 is 39.2 Å². The summed E-state index contributed by atoms with van der Waals surface area (Å²) in [5, 5.41) is 17.9. The third-order valence-corrected chi connectivity index (χ3v) is 9.00. The summed E-state index contributed by atoms with van der Waals surface area (Å²) < 4.78 is 51.3. The number of nitrogens with zero attached hydrogens (tertiary/aromatic N) is 2. The lowest BCUT2D eigenvalue weighted by molar-refractivity contribution is -0.123. The van der Waals surface area contributed by atoms with E-state index in [-0.39, 0.29) is 19.1 Å². The van der Waals surface area contributed by atoms with Gasteiger partial charge in [0.15, 0.2) is 6.61 Å². The number of aromatic nitrogens is 1. The van der Waals surface area contributed by atoms with Gasteiger partial charge >= 0.3 is 7.40 Å². The summed E-state index contributed by atoms with van der Waals surface area (Å²) in [5.74, 6) is 1.04. The van der Waals surface area contributed by atoms with Crippen LogP contribution in [-0.2, 0) is 20.7 Å². The molecule has 2 aromatic carbocycles. The number of aliphatic imine (C=N–C) groups is 1. The topological polar surface area (TPSA) is 116 Å². The highest BCUT2D eigenvalue weighted by Gasteiger charge is 2.24. The maximum absolute atomic E-state index is 13.9. The first kappa shape index (κ1) is 41.1. The minimum absolute atomic E-state index is 0.130. The first-order chi connectivity index (χ1) is 26.9. The van der Waals surface area contributed by atoms with Gasteiger partial charge in [-0.2, -0.15) is 0 Å². The molecule has 0 unspecified atom stereocenters. The van der Waals surface area contributed by atoms with Crippen LogP contribution in [0.1, 0.15) is 16.8 Å². The van der Waals surface area contributed by atoms with E-state index in [0.29, 0.717) is 81.0 Å². The SMILES string of the molecule is C=CCc1ccccc1OC[C@@H](O)CNCCOCCOCCNC(=O)COc1ccc(/C=C/C2=NC(=C\c3ccc(-c4cccs4)n3B(F)F)/C=C2)cc1. The molecule has 2 aromatic heterocycles. The minimum Gasteiger partial charge on any atom is -0.491 e. The fourth-order valence-corrected chi connectivity index (χ4v) is 6.16. The Morgan fingerprint density at radius 1 is 0.945 bits per heavy atom. The first-order valence-corrected chi connectivity index (χ1v) is 18.8. The van der Waals surface area contributed by atoms with Crippen LogP contribution in [0.25, 0.3) is 22.7 Å². The number of para-hydroxylation sites is 1. The van der Waals surface area contributed by atoms with Crippen molar-refractivity contribution in [1.82, 2.24) is 15.1 Å². The van der Waals surface area contributed by atoms with Crippen LogP contribution in [0.15, 0.2) is 120 Å². The summed E-state index contributed by atoms with van der Waals surface area (Å²) in [5.41, 5.74) is 4.06. The fourth-order valence-electron chi connectivity index (χ4n) is 5.41. The lowest BCUT2D eigenvalue weighted by Crippen LogP contribution is -2.33. The molecule has 55 heavy (non-hydrogen) atoms. The minimum atomic E-state index is -2.68. The molecular formula is C41H45BF2N4O6S. The lowest BCUT2D eigenvalue weighted by atomic mass is 10.1. The van der Waals surface area contributed by atoms with Gasteiger partial charge in [0.05, 0.1) is 43.5 Å². The molecule has 1 atom stereocenters. The molecule has 0 aliphatic carbocycles. The number of benzene rings is 2. The van der Waals surface area contributed by atoms with E-state index in [2.05, 4.69) is 22.2 Å². The van der Waals surface area contributed by atoms with Crippen molar-refractivity contribution in [3.63, 3.8) is 0 Å². The summed E-state index contributed by atoms with van der Waals surface area (Å²) in [6.45, 7) is 6.74. The van der Waals surface area contributed by atoms with Crippen molar-refractivity contribution in [2.75, 3.05) is 59.3 Å². The number of carbonyl (C=O) groups excluding carboxylic acids is 1. The predicted molar refractivity (Wildman–Crippen MR) is 216 cm³/mol. The number of rotatable bonds is 24. The average Bonchev–Trinajstić information content (AvgIpc) is 3.98. The molecule has 3 heterocycles. The zero-order chi connectivity index (χ0) is 38.7. The van der Waals surface area contributed by atoms with Crippen molar-refractivity contribution < 1.29 is 37.5 Å². The third-order valence-electron chi connectivity index (χ3n) is 8.11. The molecule has 288 valence electrons. The van der Waals surface area contributed by atoms with Crippen LogP contribution >= 0.6 is 11.3 Å². The molecule has 0 radical (unpaired) electrons. The molecule has 4 aromatic rings. The van der Waals surface area contributed by atoms with Crippen molar-refractivity contribution in [3.05, 3.63) is 132 Å². The maximum atomic E-state index is 13.9. The first-order valence-electron chi connectivity index (χ1n) is 17.9. The normalized spacial score (nSPS) is 13.7. The highest BCUT2D eigenvalue weighted by Crippen LogP contribution is 2.29. The average molecular weight is 771 g/mol. The Balaban J connectivity index is 0.891. The van der Waals surface area contributed by atoms with Crippen LogP contribution in [0.4, 0.5) is 8.63 Å². The summed E-state index contributed by atoms with van der Waals surface area (Å²) >= 11 is 1.41. The number of nitrogens with one attached hydrogen (secondary N) is 2. The number of carbonyl (C=O) groups is 1. The summed E-state index contributed by atoms with van der Waals surface area (Å²) in [6, 6.07) is 22.0. The molecule has 0 bridgehead atoms. The monoisotopic (exact) mass is 770 g/mol. The molecule has 0 saturated heterocycles. The number of hydrogen-bond acceptors (Lipinski definition) is 9. The second-order valence-electron chi connectivity index (χ2n) is 12.2. The van der Waals surface area contributed by atoms with Gasteiger partial charge in [0.1, 0.15) is 24.2 Å². The van der Waals surface area contributed by atoms with Gasteiger partial charge in [0.2, 0.25) is 0 Å². The van der Waals surface area contributed by atoms with Crippen LogP contribution < -0.4 is 20.1 Å². The van der Waals surface area contributed by atoms with Gasteiger partial charge in [-0.3, -0.25) is 13.4 Å². The number of ether oxygens (including phenoxy) is 4. The zero-order valence-electron chi connectivity index (χ0n) is 30.4. The van der Waals surface area contributed by atoms with Gasteiger partial charge in [-0.15, -0.1) is 17.9 Å². The number of aliphatic hydroxyl groups is 1. The molecule has 3 N–H and O–H groups in total. The number of aliphatic hydroxyl groups excluding tert-OH is 1. The third kappa shape index (κ3) is 13.6. The molecule has 1 aliphatic heterocycles. The van der Waals surface area contributed by atoms with Crippen LogP contribution in [0.5, 0.6) is 11.5 Å². The summed E-state index contributed by atoms with van der Waals surface area (Å²) in [4.78, 5) is 17.5. The Bertz CT molecular complexity index is 1930. The molecular weight excluding hydrogens is 725 g/mol. The maximum Gasteiger partial charge on any atom is 0.678 e. The largest absolute Gasteiger partial charge is 0.678 e. The summed E-state index contributed by atoms with van der Waals surface area (Å²) in [7, 11) is -2.68. The Hall–Kier alpha value is -5.12. The molecule has 0 spiro atoms. The van der Waals surface area contributed by atoms with E-state index in [1.165, 1.54) is 11.3 Å². The fraction of sp³-hybridized carbons (Fsp3) is 0.268. The molecule has 0 fully saturated rings. The van der Waals surface area contributed by atoms with Gasteiger partial charge in [-0.1, -0.05) is 48.6 Å². The van der Waals surface area contributed by atoms with Crippen molar-refractivity contribution in [2.24, 2.45) is 4.99 Å². The number of amides is 1. The van der Waals surface area contributed by atoms with E-state index < -0.39 is 13.5 Å². The van der Waals surface area contributed by atoms with Crippen LogP contribution in [0.2, 0.25) is 0 Å². The van der Waals surface area contributed by atoms with Crippen molar-refractivity contribution in [2.45, 2.75) is 12.5 Å². The highest BCUT2D eigenvalue weighted by atomic mass is 32.1. The van der Waals surface area contributed by atoms with Crippen molar-refractivity contribution >= 4 is 42.5 Å². The van der Waals surface area contributed by atoms with Crippen LogP contribution in [-0.4, -0.2) is 94.0 Å². The van der Waals surface area contributed by atoms with Crippen molar-refractivity contribution in [3.8, 4) is 22.1 Å². The summed E-state index contributed by atoms with van der Waals surface area (Å²) in [6.07, 6.45) is 10.9. The molecule has 10 nitrogen and oxygen atoms in total. The molecule has 1 amide bonds. The lowest BCUT2D eigenvalue weighted by Gasteiger charge is -2.15. The number of allylic oxidation sites excluding steroid dienone is 4. The van der Waals surface area contributed by atoms with E-state index in [1.807, 2.05) is 78.2 Å². The molecule has 14 heteroatoms. The van der Waals surface area contributed by atoms with Gasteiger partial charge in [-0.05, 0) is 83.6 Å². The van der Waals surface area contributed by atoms with E-state index in [0.717, 1.165) is 26.2 Å². The molecule has 1 aliphatic rings. The standard InChI is InChI=1S/C41H45BF2N4O6S/c1-2-6-32-7-3-4-8-39(32)54-29-36(49)28-45-20-22-51-24-25-52-23-21-46-41(50)30-53-37-17-11-31(12-18-37)10-13-33-14-15-34(47-33)27-35-16-19-38(48(35)42(43)44)40-9-5-26-55-40/h2-5,7-19,26-27,36,45,49H,1,6,20-25,28-30H2,(H,46,50)/b13-10+,34-27-/t36-/m0/s1. The second kappa shape index (κ2) is 22.3. The second-order valence-corrected chi connectivity index (χ2v) is 13.2. The van der Waals surface area contributed by atoms with E-state index in [9.17, 15) is 18.5 Å². The van der Waals surface area contributed by atoms with Crippen molar-refractivity contribution in [1.29, 1.82) is 0 Å². The number of hydrogen-bond donors (Lipinski definition) is 3. The van der Waals surface area contributed by atoms with Gasteiger partial charge in [0, 0.05) is 30.2 Å². The molecule has 5 rings (SSSR count). The Morgan fingerprint density at radius 2 is 1.75 bits per heavy atom. The number of thiophene rings is 1. The van der Waals surface area contributed by atoms with E-state index in [4.69, 9.17) is 18.9 Å². The van der Waals surface area contributed by atoms with Gasteiger partial charge in [-0.25, -0.2) is 4.99 Å². The Morgan fingerprint density at radius 3 is 2.51 bits per heavy atom. The van der Waals surface area contributed by atoms with Gasteiger partial charge in [0.25, 0.3) is 5.91 Å². The zero-order valence-corrected chi connectivity index (χ0v) is 31.3. The quantitative estimate of drug-likeness (QED) is 0.0433. The van der Waals surface area contributed by atoms with E-state index in [1.54, 1.807) is 36.4 Å². The smallest absolute Gasteiger partial charge is 0.491 e. The predicted octanol–water partition coefficient (Wildman–Crippen LogP) is 6.34.